The first-order chi connectivity index (χ1) is 17.4. The molecule has 4 fully saturated rings. The third-order valence-electron chi connectivity index (χ3n) is 7.78. The third kappa shape index (κ3) is 5.55. The molecule has 1 aliphatic heterocycles. The monoisotopic (exact) mass is 527 g/mol. The van der Waals surface area contributed by atoms with E-state index in [0.717, 1.165) is 37.8 Å². The quantitative estimate of drug-likeness (QED) is 0.416. The number of alkyl halides is 3. The van der Waals surface area contributed by atoms with E-state index in [1.54, 1.807) is 4.90 Å². The summed E-state index contributed by atoms with van der Waals surface area (Å²) in [5, 5.41) is 2.25. The molecule has 4 aliphatic rings. The van der Waals surface area contributed by atoms with E-state index in [1.165, 1.54) is 12.8 Å². The van der Waals surface area contributed by atoms with E-state index in [-0.39, 0.29) is 24.2 Å². The SMILES string of the molecule is CC1(C)CCCN1c1nc(C(=O)Nc2cc(F)c(OCC3CC4CC(C3)C4)c(F)c2)c(CC(F)(F)F)o1. The standard InChI is InChI=1S/C26H30F5N3O3/c1-25(2)4-3-5-34(25)24-33-21(20(37-24)12-26(29,30)31)23(35)32-17-10-18(27)22(19(28)11-17)36-13-16-8-14-6-15(7-14)9-16/h10-11,14-16H,3-9,12-13H2,1-2H3,(H,32,35). The van der Waals surface area contributed by atoms with Crippen LogP contribution in [0.15, 0.2) is 16.5 Å². The lowest BCUT2D eigenvalue weighted by atomic mass is 9.61. The summed E-state index contributed by atoms with van der Waals surface area (Å²) in [5.74, 6) is -2.65. The summed E-state index contributed by atoms with van der Waals surface area (Å²) in [6.07, 6.45) is -0.161. The highest BCUT2D eigenvalue weighted by atomic mass is 19.4. The fourth-order valence-electron chi connectivity index (χ4n) is 5.99. The highest BCUT2D eigenvalue weighted by Gasteiger charge is 2.40. The van der Waals surface area contributed by atoms with Crippen LogP contribution in [0, 0.1) is 29.4 Å². The summed E-state index contributed by atoms with van der Waals surface area (Å²) in [4.78, 5) is 18.7. The van der Waals surface area contributed by atoms with Crippen molar-refractivity contribution < 1.29 is 35.9 Å². The summed E-state index contributed by atoms with van der Waals surface area (Å²) in [6, 6.07) is 1.67. The number of oxazole rings is 1. The van der Waals surface area contributed by atoms with Crippen LogP contribution < -0.4 is 15.0 Å². The van der Waals surface area contributed by atoms with Crippen molar-refractivity contribution in [2.45, 2.75) is 70.5 Å². The lowest BCUT2D eigenvalue weighted by Crippen LogP contribution is -2.38. The first-order valence-electron chi connectivity index (χ1n) is 12.7. The average Bonchev–Trinajstić information content (AvgIpc) is 3.33. The first-order valence-corrected chi connectivity index (χ1v) is 12.7. The molecule has 0 spiro atoms. The number of carbonyl (C=O) groups excluding carboxylic acids is 1. The van der Waals surface area contributed by atoms with E-state index >= 15 is 0 Å². The van der Waals surface area contributed by atoms with E-state index in [1.807, 2.05) is 13.8 Å². The van der Waals surface area contributed by atoms with Gasteiger partial charge in [0.15, 0.2) is 23.1 Å². The molecule has 1 N–H and O–H groups in total. The molecule has 1 aromatic heterocycles. The molecule has 6 nitrogen and oxygen atoms in total. The zero-order valence-electron chi connectivity index (χ0n) is 20.8. The molecule has 0 unspecified atom stereocenters. The number of anilines is 2. The predicted octanol–water partition coefficient (Wildman–Crippen LogP) is 6.50. The lowest BCUT2D eigenvalue weighted by Gasteiger charge is -2.45. The van der Waals surface area contributed by atoms with E-state index in [2.05, 4.69) is 10.3 Å². The average molecular weight is 528 g/mol. The molecule has 3 aliphatic carbocycles. The normalized spacial score (nSPS) is 24.6. The van der Waals surface area contributed by atoms with Crippen LogP contribution >= 0.6 is 0 Å². The third-order valence-corrected chi connectivity index (χ3v) is 7.78. The number of nitrogens with one attached hydrogen (secondary N) is 1. The molecule has 2 heterocycles. The molecular weight excluding hydrogens is 497 g/mol. The van der Waals surface area contributed by atoms with Crippen LogP contribution in [0.3, 0.4) is 0 Å². The second kappa shape index (κ2) is 9.47. The fourth-order valence-corrected chi connectivity index (χ4v) is 5.99. The Bertz CT molecular complexity index is 1140. The molecule has 1 amide bonds. The van der Waals surface area contributed by atoms with Gasteiger partial charge in [0.1, 0.15) is 12.2 Å². The number of ether oxygens (including phenoxy) is 1. The second-order valence-corrected chi connectivity index (χ2v) is 11.2. The minimum atomic E-state index is -4.65. The number of amides is 1. The zero-order valence-corrected chi connectivity index (χ0v) is 20.8. The molecule has 1 saturated heterocycles. The van der Waals surface area contributed by atoms with E-state index in [4.69, 9.17) is 9.15 Å². The van der Waals surface area contributed by atoms with Crippen molar-refractivity contribution in [2.24, 2.45) is 17.8 Å². The van der Waals surface area contributed by atoms with Gasteiger partial charge in [0, 0.05) is 29.9 Å². The van der Waals surface area contributed by atoms with Crippen LogP contribution in [0.25, 0.3) is 0 Å². The smallest absolute Gasteiger partial charge is 0.396 e. The predicted molar refractivity (Wildman–Crippen MR) is 126 cm³/mol. The lowest BCUT2D eigenvalue weighted by molar-refractivity contribution is -0.130. The Morgan fingerprint density at radius 1 is 1.16 bits per heavy atom. The topological polar surface area (TPSA) is 67.6 Å². The van der Waals surface area contributed by atoms with Gasteiger partial charge in [0.2, 0.25) is 0 Å². The molecule has 1 aromatic carbocycles. The maximum absolute atomic E-state index is 14.7. The Labute approximate surface area is 211 Å². The highest BCUT2D eigenvalue weighted by Crippen LogP contribution is 2.48. The number of benzene rings is 1. The summed E-state index contributed by atoms with van der Waals surface area (Å²) in [7, 11) is 0. The first kappa shape index (κ1) is 25.8. The molecule has 0 atom stereocenters. The number of nitrogens with zero attached hydrogens (tertiary/aromatic N) is 2. The molecule has 37 heavy (non-hydrogen) atoms. The van der Waals surface area contributed by atoms with E-state index in [0.29, 0.717) is 18.4 Å². The van der Waals surface area contributed by atoms with Gasteiger partial charge in [-0.2, -0.15) is 18.2 Å². The number of hydrogen-bond donors (Lipinski definition) is 1. The minimum Gasteiger partial charge on any atom is -0.487 e. The molecule has 2 bridgehead atoms. The number of carbonyl (C=O) groups is 1. The van der Waals surface area contributed by atoms with Gasteiger partial charge in [0.25, 0.3) is 11.9 Å². The van der Waals surface area contributed by atoms with Crippen LogP contribution in [0.2, 0.25) is 0 Å². The number of hydrogen-bond acceptors (Lipinski definition) is 5. The van der Waals surface area contributed by atoms with Crippen molar-refractivity contribution in [3.8, 4) is 5.75 Å². The molecule has 11 heteroatoms. The maximum atomic E-state index is 14.7. The van der Waals surface area contributed by atoms with Crippen LogP contribution in [0.4, 0.5) is 33.7 Å². The molecular formula is C26H30F5N3O3. The Morgan fingerprint density at radius 2 is 1.81 bits per heavy atom. The van der Waals surface area contributed by atoms with Gasteiger partial charge in [-0.25, -0.2) is 8.78 Å². The summed E-state index contributed by atoms with van der Waals surface area (Å²) in [5.41, 5.74) is -1.25. The van der Waals surface area contributed by atoms with E-state index < -0.39 is 52.9 Å². The number of rotatable bonds is 7. The van der Waals surface area contributed by atoms with Gasteiger partial charge < -0.3 is 19.4 Å². The van der Waals surface area contributed by atoms with Crippen LogP contribution in [0.5, 0.6) is 5.75 Å². The largest absolute Gasteiger partial charge is 0.487 e. The number of fused-ring (bicyclic) bond motifs is 2. The Kier molecular flexibility index (Phi) is 6.60. The summed E-state index contributed by atoms with van der Waals surface area (Å²) >= 11 is 0. The number of halogens is 5. The maximum Gasteiger partial charge on any atom is 0.396 e. The van der Waals surface area contributed by atoms with Gasteiger partial charge in [-0.15, -0.1) is 0 Å². The van der Waals surface area contributed by atoms with Crippen molar-refractivity contribution in [1.82, 2.24) is 4.98 Å². The summed E-state index contributed by atoms with van der Waals surface area (Å²) < 4.78 is 79.8. The highest BCUT2D eigenvalue weighted by molar-refractivity contribution is 6.03. The summed E-state index contributed by atoms with van der Waals surface area (Å²) in [6.45, 7) is 4.53. The van der Waals surface area contributed by atoms with Gasteiger partial charge in [-0.05, 0) is 70.1 Å². The molecule has 0 radical (unpaired) electrons. The van der Waals surface area contributed by atoms with Crippen molar-refractivity contribution in [1.29, 1.82) is 0 Å². The molecule has 6 rings (SSSR count). The zero-order chi connectivity index (χ0) is 26.5. The van der Waals surface area contributed by atoms with Gasteiger partial charge in [0.05, 0.1) is 6.61 Å². The van der Waals surface area contributed by atoms with Gasteiger partial charge in [-0.1, -0.05) is 0 Å². The van der Waals surface area contributed by atoms with E-state index in [9.17, 15) is 26.7 Å². The van der Waals surface area contributed by atoms with Crippen molar-refractivity contribution in [2.75, 3.05) is 23.4 Å². The molecule has 3 saturated carbocycles. The Hall–Kier alpha value is -2.85. The van der Waals surface area contributed by atoms with Crippen molar-refractivity contribution in [3.05, 3.63) is 35.2 Å². The Balaban J connectivity index is 1.31. The van der Waals surface area contributed by atoms with Gasteiger partial charge >= 0.3 is 6.18 Å². The van der Waals surface area contributed by atoms with Crippen LogP contribution in [0.1, 0.15) is 68.6 Å². The second-order valence-electron chi connectivity index (χ2n) is 11.2. The molecule has 202 valence electrons. The number of aromatic nitrogens is 1. The van der Waals surface area contributed by atoms with Crippen LogP contribution in [-0.2, 0) is 6.42 Å². The fraction of sp³-hybridized carbons (Fsp3) is 0.615. The molecule has 2 aromatic rings. The van der Waals surface area contributed by atoms with Crippen molar-refractivity contribution in [3.63, 3.8) is 0 Å². The van der Waals surface area contributed by atoms with Crippen molar-refractivity contribution >= 4 is 17.6 Å². The Morgan fingerprint density at radius 3 is 2.38 bits per heavy atom. The van der Waals surface area contributed by atoms with Gasteiger partial charge in [-0.3, -0.25) is 4.79 Å². The van der Waals surface area contributed by atoms with Crippen LogP contribution in [-0.4, -0.2) is 35.8 Å². The minimum absolute atomic E-state index is 0.0895.